The highest BCUT2D eigenvalue weighted by Gasteiger charge is 2.35. The molecule has 0 saturated carbocycles. The number of rotatable bonds is 3. The fourth-order valence-corrected chi connectivity index (χ4v) is 6.30. The average Bonchev–Trinajstić information content (AvgIpc) is 2.85. The van der Waals surface area contributed by atoms with Gasteiger partial charge in [0.25, 0.3) is 0 Å². The van der Waals surface area contributed by atoms with Crippen LogP contribution in [0.25, 0.3) is 22.1 Å². The number of nitrogens with zero attached hydrogens (tertiary/aromatic N) is 2. The van der Waals surface area contributed by atoms with Gasteiger partial charge in [0.05, 0.1) is 16.5 Å². The number of ether oxygens (including phenoxy) is 1. The van der Waals surface area contributed by atoms with E-state index in [4.69, 9.17) is 9.15 Å². The van der Waals surface area contributed by atoms with E-state index in [9.17, 15) is 4.79 Å². The van der Waals surface area contributed by atoms with E-state index < -0.39 is 0 Å². The number of aryl methyl sites for hydroxylation is 1. The number of hydrogen-bond donors (Lipinski definition) is 0. The lowest BCUT2D eigenvalue weighted by atomic mass is 9.83. The summed E-state index contributed by atoms with van der Waals surface area (Å²) in [7, 11) is 0. The zero-order chi connectivity index (χ0) is 22.4. The van der Waals surface area contributed by atoms with Crippen molar-refractivity contribution in [2.45, 2.75) is 51.6 Å². The Kier molecular flexibility index (Phi) is 5.47. The Morgan fingerprint density at radius 3 is 2.73 bits per heavy atom. The van der Waals surface area contributed by atoms with Crippen LogP contribution < -0.4 is 10.2 Å². The highest BCUT2D eigenvalue weighted by Crippen LogP contribution is 2.36. The fraction of sp³-hybridized carbons (Fsp3) is 0.464. The van der Waals surface area contributed by atoms with Crippen LogP contribution in [0.3, 0.4) is 0 Å². The first-order valence-corrected chi connectivity index (χ1v) is 12.4. The van der Waals surface area contributed by atoms with Gasteiger partial charge in [-0.3, -0.25) is 9.69 Å². The van der Waals surface area contributed by atoms with Gasteiger partial charge in [-0.15, -0.1) is 0 Å². The molecule has 2 saturated heterocycles. The largest absolute Gasteiger partial charge is 0.478 e. The highest BCUT2D eigenvalue weighted by molar-refractivity contribution is 5.86. The van der Waals surface area contributed by atoms with Gasteiger partial charge >= 0.3 is 0 Å². The molecule has 0 bridgehead atoms. The molecule has 2 aromatic carbocycles. The summed E-state index contributed by atoms with van der Waals surface area (Å²) < 4.78 is 12.5. The maximum atomic E-state index is 13.5. The third-order valence-electron chi connectivity index (χ3n) is 7.86. The van der Waals surface area contributed by atoms with Crippen molar-refractivity contribution in [3.63, 3.8) is 0 Å². The summed E-state index contributed by atoms with van der Waals surface area (Å²) in [5, 5.41) is 0.639. The Labute approximate surface area is 194 Å². The molecule has 3 aromatic rings. The lowest BCUT2D eigenvalue weighted by molar-refractivity contribution is 0.0146. The van der Waals surface area contributed by atoms with Crippen molar-refractivity contribution in [3.05, 3.63) is 64.0 Å². The molecule has 4 heterocycles. The zero-order valence-electron chi connectivity index (χ0n) is 19.4. The van der Waals surface area contributed by atoms with Crippen LogP contribution in [0, 0.1) is 12.8 Å². The summed E-state index contributed by atoms with van der Waals surface area (Å²) in [6, 6.07) is 14.3. The summed E-state index contributed by atoms with van der Waals surface area (Å²) in [5.41, 5.74) is 3.27. The van der Waals surface area contributed by atoms with E-state index in [2.05, 4.69) is 9.80 Å². The quantitative estimate of drug-likeness (QED) is 0.557. The second-order valence-corrected chi connectivity index (χ2v) is 9.93. The molecule has 0 spiro atoms. The van der Waals surface area contributed by atoms with Crippen molar-refractivity contribution in [1.82, 2.24) is 9.80 Å². The molecular formula is C28H32N2O3. The smallest absolute Gasteiger partial charge is 0.200 e. The van der Waals surface area contributed by atoms with Gasteiger partial charge < -0.3 is 14.1 Å². The number of benzene rings is 2. The van der Waals surface area contributed by atoms with E-state index in [-0.39, 0.29) is 5.43 Å². The van der Waals surface area contributed by atoms with Crippen molar-refractivity contribution < 1.29 is 9.15 Å². The van der Waals surface area contributed by atoms with Crippen LogP contribution in [0.1, 0.15) is 43.4 Å². The van der Waals surface area contributed by atoms with E-state index in [1.807, 2.05) is 49.4 Å². The number of hydrogen-bond acceptors (Lipinski definition) is 5. The van der Waals surface area contributed by atoms with E-state index in [1.54, 1.807) is 0 Å². The molecule has 1 aromatic heterocycles. The molecule has 5 heteroatoms. The minimum Gasteiger partial charge on any atom is -0.478 e. The van der Waals surface area contributed by atoms with Crippen molar-refractivity contribution >= 4 is 11.0 Å². The molecule has 6 rings (SSSR count). The SMILES string of the molecule is Cc1oc2c3c(ccc2c(=O)c1-c1ccccc1)OCN(C[C@@H]1CCCN2CCCC[C@H]12)C3. The Morgan fingerprint density at radius 2 is 1.85 bits per heavy atom. The van der Waals surface area contributed by atoms with Crippen LogP contribution in [0.4, 0.5) is 0 Å². The topological polar surface area (TPSA) is 45.9 Å². The molecule has 0 radical (unpaired) electrons. The van der Waals surface area contributed by atoms with Gasteiger partial charge in [0.2, 0.25) is 5.43 Å². The summed E-state index contributed by atoms with van der Waals surface area (Å²) in [5.74, 6) is 2.20. The number of fused-ring (bicyclic) bond motifs is 4. The number of piperidine rings is 2. The van der Waals surface area contributed by atoms with Crippen LogP contribution in [0.2, 0.25) is 0 Å². The maximum absolute atomic E-state index is 13.5. The lowest BCUT2D eigenvalue weighted by Gasteiger charge is -2.46. The fourth-order valence-electron chi connectivity index (χ4n) is 6.30. The van der Waals surface area contributed by atoms with Crippen molar-refractivity contribution in [1.29, 1.82) is 0 Å². The van der Waals surface area contributed by atoms with Crippen molar-refractivity contribution in [2.24, 2.45) is 5.92 Å². The van der Waals surface area contributed by atoms with Gasteiger partial charge in [-0.25, -0.2) is 0 Å². The minimum atomic E-state index is 0.0324. The normalized spacial score (nSPS) is 23.7. The Hall–Kier alpha value is -2.63. The van der Waals surface area contributed by atoms with Crippen molar-refractivity contribution in [3.8, 4) is 16.9 Å². The van der Waals surface area contributed by atoms with E-state index in [1.165, 1.54) is 45.2 Å². The van der Waals surface area contributed by atoms with Gasteiger partial charge in [0.1, 0.15) is 23.8 Å². The third-order valence-corrected chi connectivity index (χ3v) is 7.86. The van der Waals surface area contributed by atoms with Crippen LogP contribution in [-0.4, -0.2) is 42.2 Å². The third kappa shape index (κ3) is 3.77. The Balaban J connectivity index is 1.32. The van der Waals surface area contributed by atoms with Gasteiger partial charge in [-0.2, -0.15) is 0 Å². The van der Waals surface area contributed by atoms with Gasteiger partial charge in [0.15, 0.2) is 0 Å². The van der Waals surface area contributed by atoms with E-state index >= 15 is 0 Å². The zero-order valence-corrected chi connectivity index (χ0v) is 19.4. The molecule has 5 nitrogen and oxygen atoms in total. The summed E-state index contributed by atoms with van der Waals surface area (Å²) >= 11 is 0. The molecule has 2 fully saturated rings. The van der Waals surface area contributed by atoms with Crippen LogP contribution in [0.15, 0.2) is 51.7 Å². The Bertz CT molecular complexity index is 1220. The summed E-state index contributed by atoms with van der Waals surface area (Å²) in [6.07, 6.45) is 6.63. The molecule has 3 aliphatic heterocycles. The van der Waals surface area contributed by atoms with E-state index in [0.29, 0.717) is 34.9 Å². The van der Waals surface area contributed by atoms with E-state index in [0.717, 1.165) is 36.0 Å². The second-order valence-electron chi connectivity index (χ2n) is 9.93. The molecule has 0 aliphatic carbocycles. The van der Waals surface area contributed by atoms with Gasteiger partial charge in [-0.05, 0) is 69.3 Å². The summed E-state index contributed by atoms with van der Waals surface area (Å²) in [4.78, 5) is 18.6. The maximum Gasteiger partial charge on any atom is 0.200 e. The second kappa shape index (κ2) is 8.62. The van der Waals surface area contributed by atoms with Crippen LogP contribution >= 0.6 is 0 Å². The molecule has 0 unspecified atom stereocenters. The average molecular weight is 445 g/mol. The predicted molar refractivity (Wildman–Crippen MR) is 130 cm³/mol. The first-order chi connectivity index (χ1) is 16.2. The molecule has 3 aliphatic rings. The highest BCUT2D eigenvalue weighted by atomic mass is 16.5. The van der Waals surface area contributed by atoms with Gasteiger partial charge in [0, 0.05) is 19.1 Å². The summed E-state index contributed by atoms with van der Waals surface area (Å²) in [6.45, 7) is 6.83. The van der Waals surface area contributed by atoms with Crippen LogP contribution in [0.5, 0.6) is 5.75 Å². The van der Waals surface area contributed by atoms with Crippen LogP contribution in [-0.2, 0) is 6.54 Å². The minimum absolute atomic E-state index is 0.0324. The molecule has 2 atom stereocenters. The molecular weight excluding hydrogens is 412 g/mol. The first kappa shape index (κ1) is 20.9. The lowest BCUT2D eigenvalue weighted by Crippen LogP contribution is -2.51. The monoisotopic (exact) mass is 444 g/mol. The van der Waals surface area contributed by atoms with Gasteiger partial charge in [-0.1, -0.05) is 36.8 Å². The predicted octanol–water partition coefficient (Wildman–Crippen LogP) is 5.18. The first-order valence-electron chi connectivity index (χ1n) is 12.4. The van der Waals surface area contributed by atoms with Crippen molar-refractivity contribution in [2.75, 3.05) is 26.4 Å². The molecule has 0 amide bonds. The molecule has 172 valence electrons. The standard InChI is InChI=1S/C28H32N2O3/c1-19-26(20-8-3-2-4-9-20)27(31)22-12-13-25-23(28(22)33-19)17-29(18-32-25)16-21-10-7-15-30-14-6-5-11-24(21)30/h2-4,8-9,12-13,21,24H,5-7,10-11,14-18H2,1H3/t21-,24+/m0/s1. The Morgan fingerprint density at radius 1 is 1.00 bits per heavy atom. The molecule has 0 N–H and O–H groups in total. The molecule has 33 heavy (non-hydrogen) atoms.